The molecule has 6 rings (SSSR count). The van der Waals surface area contributed by atoms with Crippen LogP contribution in [0.1, 0.15) is 48.5 Å². The number of nitrogens with zero attached hydrogens (tertiary/aromatic N) is 3. The highest BCUT2D eigenvalue weighted by Gasteiger charge is 2.37. The Labute approximate surface area is 245 Å². The van der Waals surface area contributed by atoms with Gasteiger partial charge < -0.3 is 18.9 Å². The van der Waals surface area contributed by atoms with E-state index in [0.29, 0.717) is 30.3 Å². The van der Waals surface area contributed by atoms with Crippen LogP contribution in [0.5, 0.6) is 11.5 Å². The molecule has 1 unspecified atom stereocenters. The van der Waals surface area contributed by atoms with E-state index in [1.807, 2.05) is 49.5 Å². The number of aromatic nitrogens is 1. The minimum atomic E-state index is -0.478. The van der Waals surface area contributed by atoms with Crippen LogP contribution in [-0.4, -0.2) is 53.2 Å². The van der Waals surface area contributed by atoms with Gasteiger partial charge in [0.15, 0.2) is 0 Å². The van der Waals surface area contributed by atoms with Crippen molar-refractivity contribution in [3.8, 4) is 11.5 Å². The van der Waals surface area contributed by atoms with Crippen molar-refractivity contribution in [1.29, 1.82) is 0 Å². The molecule has 3 heterocycles. The molecule has 3 aromatic carbocycles. The van der Waals surface area contributed by atoms with Crippen molar-refractivity contribution in [2.24, 2.45) is 7.05 Å². The van der Waals surface area contributed by atoms with Crippen molar-refractivity contribution >= 4 is 28.6 Å². The number of carbonyl (C=O) groups is 1. The molecule has 8 heteroatoms. The number of aryl methyl sites for hydroxylation is 1. The predicted octanol–water partition coefficient (Wildman–Crippen LogP) is 7.37. The fraction of sp³-hybridized carbons (Fsp3) is 0.364. The highest BCUT2D eigenvalue weighted by atomic mass is 35.5. The summed E-state index contributed by atoms with van der Waals surface area (Å²) in [7, 11) is 2.02. The zero-order valence-corrected chi connectivity index (χ0v) is 24.1. The van der Waals surface area contributed by atoms with E-state index in [0.717, 1.165) is 47.3 Å². The zero-order valence-electron chi connectivity index (χ0n) is 23.3. The third-order valence-electron chi connectivity index (χ3n) is 8.27. The molecule has 0 radical (unpaired) electrons. The molecule has 2 aliphatic heterocycles. The highest BCUT2D eigenvalue weighted by Crippen LogP contribution is 2.41. The molecule has 0 bridgehead atoms. The molecule has 1 fully saturated rings. The third-order valence-corrected chi connectivity index (χ3v) is 8.51. The van der Waals surface area contributed by atoms with Crippen LogP contribution in [0.15, 0.2) is 66.7 Å². The van der Waals surface area contributed by atoms with Crippen molar-refractivity contribution in [2.45, 2.75) is 38.1 Å². The molecule has 4 aromatic rings. The molecular formula is C33H35ClFN3O3. The Morgan fingerprint density at radius 3 is 2.44 bits per heavy atom. The van der Waals surface area contributed by atoms with Gasteiger partial charge in [-0.15, -0.1) is 0 Å². The van der Waals surface area contributed by atoms with Crippen LogP contribution in [-0.2, 0) is 13.5 Å². The Kier molecular flexibility index (Phi) is 8.17. The van der Waals surface area contributed by atoms with Gasteiger partial charge in [-0.3, -0.25) is 4.90 Å². The molecule has 0 spiro atoms. The second-order valence-corrected chi connectivity index (χ2v) is 11.4. The number of halogens is 2. The highest BCUT2D eigenvalue weighted by molar-refractivity contribution is 6.31. The summed E-state index contributed by atoms with van der Waals surface area (Å²) in [5, 5.41) is 1.78. The lowest BCUT2D eigenvalue weighted by Gasteiger charge is -2.36. The minimum Gasteiger partial charge on any atom is -0.494 e. The average Bonchev–Trinajstić information content (AvgIpc) is 3.60. The van der Waals surface area contributed by atoms with E-state index in [-0.39, 0.29) is 11.9 Å². The van der Waals surface area contributed by atoms with Crippen molar-refractivity contribution in [1.82, 2.24) is 14.4 Å². The van der Waals surface area contributed by atoms with Crippen LogP contribution < -0.4 is 9.47 Å². The zero-order chi connectivity index (χ0) is 28.3. The van der Waals surface area contributed by atoms with Crippen molar-refractivity contribution in [2.75, 3.05) is 32.8 Å². The first kappa shape index (κ1) is 27.6. The number of fused-ring (bicyclic) bond motifs is 3. The molecule has 6 nitrogen and oxygen atoms in total. The number of benzene rings is 3. The smallest absolute Gasteiger partial charge is 0.416 e. The number of amides is 1. The fourth-order valence-corrected chi connectivity index (χ4v) is 6.38. The normalized spacial score (nSPS) is 17.1. The second-order valence-electron chi connectivity index (χ2n) is 10.9. The van der Waals surface area contributed by atoms with Gasteiger partial charge in [-0.25, -0.2) is 9.18 Å². The van der Waals surface area contributed by atoms with Crippen LogP contribution in [0, 0.1) is 5.82 Å². The third kappa shape index (κ3) is 5.92. The maximum atomic E-state index is 13.5. The Bertz CT molecular complexity index is 1510. The van der Waals surface area contributed by atoms with Gasteiger partial charge in [0, 0.05) is 35.2 Å². The summed E-state index contributed by atoms with van der Waals surface area (Å²) in [4.78, 5) is 17.8. The predicted molar refractivity (Wildman–Crippen MR) is 159 cm³/mol. The first-order valence-corrected chi connectivity index (χ1v) is 14.8. The van der Waals surface area contributed by atoms with E-state index >= 15 is 0 Å². The van der Waals surface area contributed by atoms with E-state index in [1.165, 1.54) is 55.8 Å². The summed E-state index contributed by atoms with van der Waals surface area (Å²) < 4.78 is 27.3. The van der Waals surface area contributed by atoms with Gasteiger partial charge in [0.25, 0.3) is 0 Å². The minimum absolute atomic E-state index is 0.304. The molecule has 214 valence electrons. The van der Waals surface area contributed by atoms with Crippen LogP contribution in [0.25, 0.3) is 10.9 Å². The maximum Gasteiger partial charge on any atom is 0.416 e. The Morgan fingerprint density at radius 2 is 1.68 bits per heavy atom. The number of rotatable bonds is 8. The lowest BCUT2D eigenvalue weighted by Crippen LogP contribution is -2.42. The van der Waals surface area contributed by atoms with Crippen molar-refractivity contribution < 1.29 is 18.7 Å². The van der Waals surface area contributed by atoms with Gasteiger partial charge in [0.05, 0.1) is 6.61 Å². The molecule has 2 aliphatic rings. The number of likely N-dealkylation sites (tertiary alicyclic amines) is 1. The van der Waals surface area contributed by atoms with Gasteiger partial charge in [-0.2, -0.15) is 0 Å². The molecular weight excluding hydrogens is 541 g/mol. The van der Waals surface area contributed by atoms with E-state index in [1.54, 1.807) is 4.90 Å². The van der Waals surface area contributed by atoms with Crippen molar-refractivity contribution in [3.63, 3.8) is 0 Å². The van der Waals surface area contributed by atoms with Crippen LogP contribution in [0.3, 0.4) is 0 Å². The lowest BCUT2D eigenvalue weighted by molar-refractivity contribution is 0.134. The summed E-state index contributed by atoms with van der Waals surface area (Å²) in [5.74, 6) is 0.738. The molecule has 1 amide bonds. The van der Waals surface area contributed by atoms with Gasteiger partial charge in [-0.1, -0.05) is 23.7 Å². The summed E-state index contributed by atoms with van der Waals surface area (Å²) in [5.41, 5.74) is 4.23. The van der Waals surface area contributed by atoms with E-state index in [4.69, 9.17) is 21.1 Å². The summed E-state index contributed by atoms with van der Waals surface area (Å²) in [6, 6.07) is 19.1. The topological polar surface area (TPSA) is 46.9 Å². The standard InChI is InChI=1S/C33H35ClFN3O3/c1-36-30-15-8-24(34)22-29(30)28-16-20-38(33(39)41-27-13-9-25(35)10-14-27)31(32(28)36)23-6-11-26(12-7-23)40-21-5-4-19-37-17-2-3-18-37/h6-15,22,31H,2-5,16-21H2,1H3. The van der Waals surface area contributed by atoms with Gasteiger partial charge in [-0.05, 0) is 117 Å². The lowest BCUT2D eigenvalue weighted by atomic mass is 9.92. The van der Waals surface area contributed by atoms with E-state index in [9.17, 15) is 9.18 Å². The average molecular weight is 576 g/mol. The maximum absolute atomic E-state index is 13.5. The molecule has 1 saturated heterocycles. The summed E-state index contributed by atoms with van der Waals surface area (Å²) in [6.45, 7) is 4.75. The SMILES string of the molecule is Cn1c2c(c3cc(Cl)ccc31)CCN(C(=O)Oc1ccc(F)cc1)C2c1ccc(OCCCCN2CCCC2)cc1. The fourth-order valence-electron chi connectivity index (χ4n) is 6.21. The van der Waals surface area contributed by atoms with Gasteiger partial charge in [0.2, 0.25) is 0 Å². The van der Waals surface area contributed by atoms with Crippen LogP contribution >= 0.6 is 11.6 Å². The first-order chi connectivity index (χ1) is 20.0. The Balaban J connectivity index is 1.24. The number of hydrogen-bond acceptors (Lipinski definition) is 4. The summed E-state index contributed by atoms with van der Waals surface area (Å²) in [6.07, 6.45) is 4.98. The molecule has 1 atom stereocenters. The number of unbranched alkanes of at least 4 members (excludes halogenated alkanes) is 1. The number of carbonyl (C=O) groups excluding carboxylic acids is 1. The number of hydrogen-bond donors (Lipinski definition) is 0. The molecule has 41 heavy (non-hydrogen) atoms. The van der Waals surface area contributed by atoms with Crippen LogP contribution in [0.2, 0.25) is 5.02 Å². The molecule has 1 aromatic heterocycles. The summed E-state index contributed by atoms with van der Waals surface area (Å²) >= 11 is 6.38. The quantitative estimate of drug-likeness (QED) is 0.206. The van der Waals surface area contributed by atoms with Crippen molar-refractivity contribution in [3.05, 3.63) is 94.4 Å². The van der Waals surface area contributed by atoms with E-state index < -0.39 is 6.09 Å². The largest absolute Gasteiger partial charge is 0.494 e. The Morgan fingerprint density at radius 1 is 0.951 bits per heavy atom. The van der Waals surface area contributed by atoms with Crippen LogP contribution in [0.4, 0.5) is 9.18 Å². The van der Waals surface area contributed by atoms with Gasteiger partial charge in [0.1, 0.15) is 23.4 Å². The molecule has 0 saturated carbocycles. The monoisotopic (exact) mass is 575 g/mol. The van der Waals surface area contributed by atoms with E-state index in [2.05, 4.69) is 9.47 Å². The van der Waals surface area contributed by atoms with Gasteiger partial charge >= 0.3 is 6.09 Å². The molecule has 0 aliphatic carbocycles. The number of ether oxygens (including phenoxy) is 2. The molecule has 0 N–H and O–H groups in total. The second kappa shape index (κ2) is 12.1. The Hall–Kier alpha value is -3.55. The first-order valence-electron chi connectivity index (χ1n) is 14.4.